The molecule has 0 saturated carbocycles. The van der Waals surface area contributed by atoms with Crippen molar-refractivity contribution in [3.63, 3.8) is 0 Å². The Kier molecular flexibility index (Phi) is 2.09. The molecule has 3 nitrogen and oxygen atoms in total. The zero-order valence-corrected chi connectivity index (χ0v) is 8.35. The van der Waals surface area contributed by atoms with E-state index in [4.69, 9.17) is 16.3 Å². The van der Waals surface area contributed by atoms with E-state index in [0.717, 1.165) is 0 Å². The topological polar surface area (TPSA) is 38.7 Å². The van der Waals surface area contributed by atoms with Gasteiger partial charge >= 0.3 is 0 Å². The van der Waals surface area contributed by atoms with Gasteiger partial charge in [0, 0.05) is 5.56 Å². The maximum Gasteiger partial charge on any atom is 0.178 e. The Bertz CT molecular complexity index is 417. The predicted octanol–water partition coefficient (Wildman–Crippen LogP) is 1.72. The van der Waals surface area contributed by atoms with Gasteiger partial charge in [0.05, 0.1) is 7.11 Å². The molecule has 13 heavy (non-hydrogen) atoms. The molecule has 1 aromatic carbocycles. The van der Waals surface area contributed by atoms with E-state index in [9.17, 15) is 4.21 Å². The average molecular weight is 216 g/mol. The number of benzene rings is 1. The lowest BCUT2D eigenvalue weighted by Gasteiger charge is -2.03. The van der Waals surface area contributed by atoms with Crippen molar-refractivity contribution in [2.24, 2.45) is 4.40 Å². The highest BCUT2D eigenvalue weighted by molar-refractivity contribution is 7.84. The molecule has 1 aliphatic rings. The van der Waals surface area contributed by atoms with Crippen LogP contribution in [-0.2, 0) is 11.0 Å². The van der Waals surface area contributed by atoms with Crippen LogP contribution in [0.25, 0.3) is 0 Å². The van der Waals surface area contributed by atoms with Crippen molar-refractivity contribution in [2.45, 2.75) is 4.90 Å². The van der Waals surface area contributed by atoms with E-state index >= 15 is 0 Å². The van der Waals surface area contributed by atoms with E-state index in [1.54, 1.807) is 18.2 Å². The zero-order valence-electron chi connectivity index (χ0n) is 6.78. The monoisotopic (exact) mass is 215 g/mol. The fourth-order valence-corrected chi connectivity index (χ4v) is 2.60. The van der Waals surface area contributed by atoms with Crippen molar-refractivity contribution >= 4 is 27.8 Å². The van der Waals surface area contributed by atoms with Gasteiger partial charge in [0.25, 0.3) is 0 Å². The molecule has 1 unspecified atom stereocenters. The zero-order chi connectivity index (χ0) is 9.42. The number of methoxy groups -OCH3 is 1. The third kappa shape index (κ3) is 1.26. The van der Waals surface area contributed by atoms with E-state index in [1.165, 1.54) is 7.11 Å². The molecule has 1 aliphatic heterocycles. The van der Waals surface area contributed by atoms with E-state index < -0.39 is 11.0 Å². The van der Waals surface area contributed by atoms with Gasteiger partial charge < -0.3 is 4.74 Å². The molecule has 0 amide bonds. The number of hydrogen-bond donors (Lipinski definition) is 0. The van der Waals surface area contributed by atoms with Crippen LogP contribution in [0.4, 0.5) is 0 Å². The maximum absolute atomic E-state index is 11.4. The minimum atomic E-state index is -1.41. The van der Waals surface area contributed by atoms with Crippen molar-refractivity contribution in [3.8, 4) is 5.75 Å². The summed E-state index contributed by atoms with van der Waals surface area (Å²) in [5, 5.41) is 0.284. The lowest BCUT2D eigenvalue weighted by atomic mass is 10.2. The summed E-state index contributed by atoms with van der Waals surface area (Å²) in [7, 11) is 0.119. The van der Waals surface area contributed by atoms with Gasteiger partial charge in [0.15, 0.2) is 11.0 Å². The van der Waals surface area contributed by atoms with Crippen molar-refractivity contribution in [1.29, 1.82) is 0 Å². The lowest BCUT2D eigenvalue weighted by Crippen LogP contribution is -1.93. The van der Waals surface area contributed by atoms with Gasteiger partial charge in [-0.1, -0.05) is 23.7 Å². The molecule has 0 fully saturated rings. The van der Waals surface area contributed by atoms with Crippen molar-refractivity contribution in [2.75, 3.05) is 7.11 Å². The molecular weight excluding hydrogens is 210 g/mol. The van der Waals surface area contributed by atoms with Crippen molar-refractivity contribution < 1.29 is 8.95 Å². The maximum atomic E-state index is 11.4. The fraction of sp³-hybridized carbons (Fsp3) is 0.125. The van der Waals surface area contributed by atoms with Crippen LogP contribution < -0.4 is 4.74 Å². The molecule has 0 bridgehead atoms. The van der Waals surface area contributed by atoms with Crippen LogP contribution in [0.15, 0.2) is 27.5 Å². The SMILES string of the molecule is COc1cccc2c1S(=O)N=C2Cl. The van der Waals surface area contributed by atoms with Crippen LogP contribution >= 0.6 is 11.6 Å². The first-order valence-corrected chi connectivity index (χ1v) is 5.06. The Balaban J connectivity index is 2.68. The molecule has 0 N–H and O–H groups in total. The van der Waals surface area contributed by atoms with Gasteiger partial charge in [-0.2, -0.15) is 4.40 Å². The number of halogens is 1. The Morgan fingerprint density at radius 1 is 1.54 bits per heavy atom. The molecule has 68 valence electrons. The quantitative estimate of drug-likeness (QED) is 0.716. The Labute approximate surface area is 83.0 Å². The molecule has 0 aliphatic carbocycles. The third-order valence-corrected chi connectivity index (χ3v) is 3.27. The molecule has 0 saturated heterocycles. The van der Waals surface area contributed by atoms with Gasteiger partial charge in [-0.05, 0) is 6.07 Å². The first-order chi connectivity index (χ1) is 6.24. The standard InChI is InChI=1S/C8H6ClNO2S/c1-12-6-4-2-3-5-7(6)13(11)10-8(5)9/h2-4H,1H3. The molecule has 0 spiro atoms. The smallest absolute Gasteiger partial charge is 0.178 e. The van der Waals surface area contributed by atoms with Crippen LogP contribution in [0.1, 0.15) is 5.56 Å². The minimum absolute atomic E-state index is 0.284. The molecule has 0 aromatic heterocycles. The van der Waals surface area contributed by atoms with Crippen molar-refractivity contribution in [1.82, 2.24) is 0 Å². The first-order valence-electron chi connectivity index (χ1n) is 3.57. The second kappa shape index (κ2) is 3.12. The predicted molar refractivity (Wildman–Crippen MR) is 51.8 cm³/mol. The summed E-state index contributed by atoms with van der Waals surface area (Å²) in [6.45, 7) is 0. The second-order valence-electron chi connectivity index (χ2n) is 2.47. The highest BCUT2D eigenvalue weighted by atomic mass is 35.5. The summed E-state index contributed by atoms with van der Waals surface area (Å²) in [6.07, 6.45) is 0. The van der Waals surface area contributed by atoms with Gasteiger partial charge in [-0.25, -0.2) is 4.21 Å². The summed E-state index contributed by atoms with van der Waals surface area (Å²) in [5.74, 6) is 0.565. The van der Waals surface area contributed by atoms with E-state index in [0.29, 0.717) is 16.2 Å². The minimum Gasteiger partial charge on any atom is -0.495 e. The molecule has 1 aromatic rings. The molecule has 5 heteroatoms. The van der Waals surface area contributed by atoms with Gasteiger partial charge in [-0.3, -0.25) is 0 Å². The molecule has 0 radical (unpaired) electrons. The Hall–Kier alpha value is -0.870. The van der Waals surface area contributed by atoms with Crippen LogP contribution in [0, 0.1) is 0 Å². The Morgan fingerprint density at radius 3 is 3.00 bits per heavy atom. The van der Waals surface area contributed by atoms with Crippen LogP contribution in [0.3, 0.4) is 0 Å². The fourth-order valence-electron chi connectivity index (χ4n) is 1.19. The van der Waals surface area contributed by atoms with Crippen LogP contribution in [0.2, 0.25) is 0 Å². The van der Waals surface area contributed by atoms with E-state index in [-0.39, 0.29) is 5.17 Å². The first kappa shape index (κ1) is 8.72. The number of hydrogen-bond acceptors (Lipinski definition) is 2. The highest BCUT2D eigenvalue weighted by Gasteiger charge is 2.24. The van der Waals surface area contributed by atoms with Crippen molar-refractivity contribution in [3.05, 3.63) is 23.8 Å². The van der Waals surface area contributed by atoms with Gasteiger partial charge in [0.2, 0.25) is 0 Å². The molecule has 1 heterocycles. The van der Waals surface area contributed by atoms with E-state index in [2.05, 4.69) is 4.40 Å². The molecule has 2 rings (SSSR count). The van der Waals surface area contributed by atoms with Crippen LogP contribution in [-0.4, -0.2) is 16.5 Å². The van der Waals surface area contributed by atoms with Crippen LogP contribution in [0.5, 0.6) is 5.75 Å². The molecular formula is C8H6ClNO2S. The lowest BCUT2D eigenvalue weighted by molar-refractivity contribution is 0.404. The average Bonchev–Trinajstić information content (AvgIpc) is 2.43. The largest absolute Gasteiger partial charge is 0.495 e. The molecule has 1 atom stereocenters. The number of fused-ring (bicyclic) bond motifs is 1. The van der Waals surface area contributed by atoms with E-state index in [1.807, 2.05) is 0 Å². The summed E-state index contributed by atoms with van der Waals surface area (Å²) in [4.78, 5) is 0.565. The third-order valence-electron chi connectivity index (χ3n) is 1.76. The second-order valence-corrected chi connectivity index (χ2v) is 3.92. The van der Waals surface area contributed by atoms with Gasteiger partial charge in [0.1, 0.15) is 15.8 Å². The van der Waals surface area contributed by atoms with Gasteiger partial charge in [-0.15, -0.1) is 0 Å². The normalized spacial score (nSPS) is 19.5. The highest BCUT2D eigenvalue weighted by Crippen LogP contribution is 2.32. The summed E-state index contributed by atoms with van der Waals surface area (Å²) in [5.41, 5.74) is 0.694. The Morgan fingerprint density at radius 2 is 2.31 bits per heavy atom. The number of rotatable bonds is 1. The summed E-state index contributed by atoms with van der Waals surface area (Å²) in [6, 6.07) is 5.30. The number of ether oxygens (including phenoxy) is 1. The summed E-state index contributed by atoms with van der Waals surface area (Å²) >= 11 is 5.77. The summed E-state index contributed by atoms with van der Waals surface area (Å²) < 4.78 is 20.2. The number of nitrogens with zero attached hydrogens (tertiary/aromatic N) is 1.